The molecular formula is C28H32F2N2O5. The number of benzene rings is 2. The van der Waals surface area contributed by atoms with Crippen molar-refractivity contribution in [3.63, 3.8) is 0 Å². The quantitative estimate of drug-likeness (QED) is 0.575. The summed E-state index contributed by atoms with van der Waals surface area (Å²) in [7, 11) is 0. The molecule has 5 rings (SSSR count). The number of aliphatic carboxylic acids is 1. The van der Waals surface area contributed by atoms with Crippen LogP contribution in [0.25, 0.3) is 0 Å². The molecule has 1 fully saturated rings. The zero-order valence-corrected chi connectivity index (χ0v) is 21.4. The van der Waals surface area contributed by atoms with E-state index >= 15 is 4.39 Å². The van der Waals surface area contributed by atoms with E-state index in [2.05, 4.69) is 0 Å². The Balaban J connectivity index is 1.37. The van der Waals surface area contributed by atoms with Crippen LogP contribution in [0.2, 0.25) is 0 Å². The standard InChI is InChI=1S/C28H32F2N2O5/c1-27(2,3)37-26(35)32-10-11-36-24-15-22(21(30)14-23(24)32)31-8-6-28(7-9-31)16-17(12-25(33)34)19-5-4-18(29)13-20(19)28/h4-5,13-15,17H,6-12,16H2,1-3H3,(H,33,34)/t17-/m1/s1. The summed E-state index contributed by atoms with van der Waals surface area (Å²) in [6.07, 6.45) is 1.41. The maximum Gasteiger partial charge on any atom is 0.415 e. The maximum atomic E-state index is 15.4. The molecule has 0 aromatic heterocycles. The number of fused-ring (bicyclic) bond motifs is 3. The Kier molecular flexibility index (Phi) is 6.28. The largest absolute Gasteiger partial charge is 0.489 e. The third-order valence-electron chi connectivity index (χ3n) is 7.65. The number of carbonyl (C=O) groups excluding carboxylic acids is 1. The van der Waals surface area contributed by atoms with E-state index in [0.717, 1.165) is 11.1 Å². The van der Waals surface area contributed by atoms with E-state index in [1.54, 1.807) is 39.0 Å². The second-order valence-corrected chi connectivity index (χ2v) is 11.2. The van der Waals surface area contributed by atoms with Crippen LogP contribution in [0.5, 0.6) is 5.75 Å². The molecule has 1 spiro atoms. The second kappa shape index (κ2) is 9.19. The van der Waals surface area contributed by atoms with Crippen molar-refractivity contribution in [2.75, 3.05) is 36.0 Å². The van der Waals surface area contributed by atoms with Gasteiger partial charge in [0.15, 0.2) is 0 Å². The summed E-state index contributed by atoms with van der Waals surface area (Å²) in [5, 5.41) is 9.40. The van der Waals surface area contributed by atoms with E-state index in [9.17, 15) is 19.1 Å². The average molecular weight is 515 g/mol. The van der Waals surface area contributed by atoms with Gasteiger partial charge in [0, 0.05) is 25.2 Å². The van der Waals surface area contributed by atoms with Crippen LogP contribution >= 0.6 is 0 Å². The van der Waals surface area contributed by atoms with E-state index in [1.807, 2.05) is 4.90 Å². The molecule has 1 N–H and O–H groups in total. The van der Waals surface area contributed by atoms with Crippen molar-refractivity contribution in [3.8, 4) is 5.75 Å². The van der Waals surface area contributed by atoms with E-state index in [1.165, 1.54) is 17.0 Å². The van der Waals surface area contributed by atoms with Crippen LogP contribution in [0.3, 0.4) is 0 Å². The summed E-state index contributed by atoms with van der Waals surface area (Å²) in [5.74, 6) is -1.40. The number of hydrogen-bond donors (Lipinski definition) is 1. The molecular weight excluding hydrogens is 482 g/mol. The van der Waals surface area contributed by atoms with Gasteiger partial charge in [0.2, 0.25) is 0 Å². The number of carbonyl (C=O) groups is 2. The number of rotatable bonds is 3. The lowest BCUT2D eigenvalue weighted by Crippen LogP contribution is -2.43. The molecule has 2 aromatic rings. The maximum absolute atomic E-state index is 15.4. The van der Waals surface area contributed by atoms with Crippen molar-refractivity contribution in [1.29, 1.82) is 0 Å². The Hall–Kier alpha value is -3.36. The van der Waals surface area contributed by atoms with Gasteiger partial charge in [-0.25, -0.2) is 13.6 Å². The number of amides is 1. The topological polar surface area (TPSA) is 79.3 Å². The molecule has 0 radical (unpaired) electrons. The Bertz CT molecular complexity index is 1230. The third kappa shape index (κ3) is 4.83. The van der Waals surface area contributed by atoms with Gasteiger partial charge in [-0.3, -0.25) is 9.69 Å². The van der Waals surface area contributed by atoms with E-state index < -0.39 is 23.5 Å². The molecule has 0 saturated carbocycles. The fourth-order valence-electron chi connectivity index (χ4n) is 6.05. The summed E-state index contributed by atoms with van der Waals surface area (Å²) in [4.78, 5) is 27.5. The van der Waals surface area contributed by atoms with Crippen molar-refractivity contribution in [3.05, 3.63) is 53.1 Å². The number of carboxylic acids is 1. The Morgan fingerprint density at radius 2 is 1.84 bits per heavy atom. The molecule has 9 heteroatoms. The van der Waals surface area contributed by atoms with Gasteiger partial charge >= 0.3 is 12.1 Å². The Morgan fingerprint density at radius 1 is 1.11 bits per heavy atom. The monoisotopic (exact) mass is 514 g/mol. The van der Waals surface area contributed by atoms with Gasteiger partial charge in [-0.2, -0.15) is 0 Å². The highest BCUT2D eigenvalue weighted by molar-refractivity contribution is 5.91. The summed E-state index contributed by atoms with van der Waals surface area (Å²) in [5.41, 5.74) is 1.52. The lowest BCUT2D eigenvalue weighted by atomic mass is 9.73. The van der Waals surface area contributed by atoms with Crippen LogP contribution in [-0.4, -0.2) is 49.0 Å². The first kappa shape index (κ1) is 25.3. The van der Waals surface area contributed by atoms with Crippen molar-refractivity contribution in [2.45, 2.75) is 63.4 Å². The Morgan fingerprint density at radius 3 is 2.51 bits per heavy atom. The number of hydrogen-bond acceptors (Lipinski definition) is 5. The molecule has 198 valence electrons. The van der Waals surface area contributed by atoms with Crippen molar-refractivity contribution < 1.29 is 33.0 Å². The van der Waals surface area contributed by atoms with Gasteiger partial charge in [0.05, 0.1) is 24.3 Å². The van der Waals surface area contributed by atoms with Crippen molar-refractivity contribution in [2.24, 2.45) is 0 Å². The number of nitrogens with zero attached hydrogens (tertiary/aromatic N) is 2. The Labute approximate surface area is 215 Å². The zero-order valence-electron chi connectivity index (χ0n) is 21.4. The first-order chi connectivity index (χ1) is 17.5. The van der Waals surface area contributed by atoms with E-state index in [0.29, 0.717) is 49.5 Å². The average Bonchev–Trinajstić information content (AvgIpc) is 3.09. The molecule has 0 bridgehead atoms. The molecule has 37 heavy (non-hydrogen) atoms. The molecule has 2 aromatic carbocycles. The molecule has 1 atom stereocenters. The summed E-state index contributed by atoms with van der Waals surface area (Å²) in [6, 6.07) is 7.61. The van der Waals surface area contributed by atoms with Crippen molar-refractivity contribution in [1.82, 2.24) is 0 Å². The molecule has 2 heterocycles. The van der Waals surface area contributed by atoms with Crippen LogP contribution in [-0.2, 0) is 14.9 Å². The molecule has 7 nitrogen and oxygen atoms in total. The summed E-state index contributed by atoms with van der Waals surface area (Å²) in [6.45, 7) is 6.93. The third-order valence-corrected chi connectivity index (χ3v) is 7.65. The van der Waals surface area contributed by atoms with Gasteiger partial charge in [0.25, 0.3) is 0 Å². The summed E-state index contributed by atoms with van der Waals surface area (Å²) >= 11 is 0. The first-order valence-electron chi connectivity index (χ1n) is 12.7. The molecule has 1 saturated heterocycles. The number of halogens is 2. The van der Waals surface area contributed by atoms with Gasteiger partial charge < -0.3 is 19.5 Å². The summed E-state index contributed by atoms with van der Waals surface area (Å²) < 4.78 is 40.9. The smallest absolute Gasteiger partial charge is 0.415 e. The predicted octanol–water partition coefficient (Wildman–Crippen LogP) is 5.60. The highest BCUT2D eigenvalue weighted by atomic mass is 19.1. The molecule has 1 amide bonds. The van der Waals surface area contributed by atoms with E-state index in [4.69, 9.17) is 9.47 Å². The zero-order chi connectivity index (χ0) is 26.5. The van der Waals surface area contributed by atoms with Crippen LogP contribution < -0.4 is 14.5 Å². The number of ether oxygens (including phenoxy) is 2. The van der Waals surface area contributed by atoms with Gasteiger partial charge in [-0.05, 0) is 74.6 Å². The van der Waals surface area contributed by atoms with Crippen LogP contribution in [0.4, 0.5) is 25.0 Å². The normalized spacial score (nSPS) is 20.3. The SMILES string of the molecule is CC(C)(C)OC(=O)N1CCOc2cc(N3CCC4(CC3)C[C@@H](CC(=O)O)c3ccc(F)cc34)c(F)cc21. The lowest BCUT2D eigenvalue weighted by molar-refractivity contribution is -0.137. The van der Waals surface area contributed by atoms with Crippen LogP contribution in [0.1, 0.15) is 63.5 Å². The molecule has 2 aliphatic heterocycles. The number of piperidine rings is 1. The molecule has 3 aliphatic rings. The van der Waals surface area contributed by atoms with Crippen LogP contribution in [0, 0.1) is 11.6 Å². The van der Waals surface area contributed by atoms with Crippen molar-refractivity contribution >= 4 is 23.4 Å². The minimum Gasteiger partial charge on any atom is -0.489 e. The number of anilines is 2. The molecule has 1 aliphatic carbocycles. The van der Waals surface area contributed by atoms with Crippen LogP contribution in [0.15, 0.2) is 30.3 Å². The highest BCUT2D eigenvalue weighted by Gasteiger charge is 2.46. The minimum atomic E-state index is -0.869. The van der Waals surface area contributed by atoms with E-state index in [-0.39, 0.29) is 36.7 Å². The lowest BCUT2D eigenvalue weighted by Gasteiger charge is -2.42. The van der Waals surface area contributed by atoms with Gasteiger partial charge in [0.1, 0.15) is 29.6 Å². The predicted molar refractivity (Wildman–Crippen MR) is 135 cm³/mol. The van der Waals surface area contributed by atoms with Gasteiger partial charge in [-0.1, -0.05) is 6.07 Å². The second-order valence-electron chi connectivity index (χ2n) is 11.2. The minimum absolute atomic E-state index is 0.00896. The fraction of sp³-hybridized carbons (Fsp3) is 0.500. The fourth-order valence-corrected chi connectivity index (χ4v) is 6.05. The first-order valence-corrected chi connectivity index (χ1v) is 12.7. The highest BCUT2D eigenvalue weighted by Crippen LogP contribution is 2.53. The number of carboxylic acid groups (broad SMARTS) is 1. The van der Waals surface area contributed by atoms with Gasteiger partial charge in [-0.15, -0.1) is 0 Å². The molecule has 0 unspecified atom stereocenters.